The lowest BCUT2D eigenvalue weighted by Gasteiger charge is -2.40. The average Bonchev–Trinajstić information content (AvgIpc) is 2.72. The fourth-order valence-corrected chi connectivity index (χ4v) is 3.90. The van der Waals surface area contributed by atoms with Crippen LogP contribution >= 0.6 is 22.9 Å². The molecule has 1 amide bonds. The number of rotatable bonds is 3. The number of amides is 1. The van der Waals surface area contributed by atoms with Crippen LogP contribution in [0.2, 0.25) is 5.02 Å². The summed E-state index contributed by atoms with van der Waals surface area (Å²) < 4.78 is 0.895. The number of carbonyl (C=O) groups excluding carboxylic acids is 1. The third kappa shape index (κ3) is 2.06. The van der Waals surface area contributed by atoms with Crippen molar-refractivity contribution in [1.82, 2.24) is 5.32 Å². The standard InChI is InChI=1S/C14H15ClN2O2S/c15-8-3-1-4-9-10(8)11(16)12(20-9)13(19)17-14(7-18)5-2-6-14/h1,3-4,18H,2,5-7,16H2,(H,17,19). The third-order valence-electron chi connectivity index (χ3n) is 3.90. The first-order valence-corrected chi connectivity index (χ1v) is 7.66. The van der Waals surface area contributed by atoms with Crippen LogP contribution in [0.15, 0.2) is 18.2 Å². The molecule has 0 saturated heterocycles. The van der Waals surface area contributed by atoms with Crippen LogP contribution in [0.3, 0.4) is 0 Å². The molecule has 4 N–H and O–H groups in total. The number of nitrogens with two attached hydrogens (primary N) is 1. The Labute approximate surface area is 125 Å². The number of nitrogens with one attached hydrogen (secondary N) is 1. The van der Waals surface area contributed by atoms with Gasteiger partial charge in [-0.1, -0.05) is 17.7 Å². The van der Waals surface area contributed by atoms with Gasteiger partial charge >= 0.3 is 0 Å². The minimum Gasteiger partial charge on any atom is -0.397 e. The number of aliphatic hydroxyl groups excluding tert-OH is 1. The maximum atomic E-state index is 12.4. The lowest BCUT2D eigenvalue weighted by molar-refractivity contribution is 0.0646. The number of hydrogen-bond donors (Lipinski definition) is 3. The summed E-state index contributed by atoms with van der Waals surface area (Å²) in [5.41, 5.74) is 6.01. The van der Waals surface area contributed by atoms with Crippen molar-refractivity contribution >= 4 is 44.6 Å². The maximum Gasteiger partial charge on any atom is 0.264 e. The summed E-state index contributed by atoms with van der Waals surface area (Å²) in [6.07, 6.45) is 2.64. The van der Waals surface area contributed by atoms with E-state index in [-0.39, 0.29) is 12.5 Å². The van der Waals surface area contributed by atoms with Crippen molar-refractivity contribution in [3.8, 4) is 0 Å². The van der Waals surface area contributed by atoms with E-state index in [0.29, 0.717) is 15.6 Å². The average molecular weight is 311 g/mol. The van der Waals surface area contributed by atoms with Crippen LogP contribution in [0.4, 0.5) is 5.69 Å². The van der Waals surface area contributed by atoms with Crippen LogP contribution in [0, 0.1) is 0 Å². The summed E-state index contributed by atoms with van der Waals surface area (Å²) in [5, 5.41) is 13.6. The highest BCUT2D eigenvalue weighted by molar-refractivity contribution is 7.21. The van der Waals surface area contributed by atoms with Gasteiger partial charge < -0.3 is 16.2 Å². The predicted octanol–water partition coefficient (Wildman–Crippen LogP) is 2.78. The summed E-state index contributed by atoms with van der Waals surface area (Å²) >= 11 is 7.46. The van der Waals surface area contributed by atoms with Crippen LogP contribution in [0.5, 0.6) is 0 Å². The zero-order chi connectivity index (χ0) is 14.3. The molecule has 0 atom stereocenters. The van der Waals surface area contributed by atoms with Crippen molar-refractivity contribution < 1.29 is 9.90 Å². The van der Waals surface area contributed by atoms with E-state index in [1.54, 1.807) is 6.07 Å². The van der Waals surface area contributed by atoms with Gasteiger partial charge in [-0.05, 0) is 31.4 Å². The topological polar surface area (TPSA) is 75.4 Å². The van der Waals surface area contributed by atoms with E-state index in [1.807, 2.05) is 12.1 Å². The Hall–Kier alpha value is -1.30. The van der Waals surface area contributed by atoms with Crippen molar-refractivity contribution in [1.29, 1.82) is 0 Å². The zero-order valence-corrected chi connectivity index (χ0v) is 12.4. The van der Waals surface area contributed by atoms with Gasteiger partial charge in [0, 0.05) is 10.1 Å². The molecule has 1 fully saturated rings. The van der Waals surface area contributed by atoms with Crippen LogP contribution in [-0.2, 0) is 0 Å². The quantitative estimate of drug-likeness (QED) is 0.816. The summed E-state index contributed by atoms with van der Waals surface area (Å²) in [6.45, 7) is -0.0374. The van der Waals surface area contributed by atoms with Crippen molar-refractivity contribution in [2.45, 2.75) is 24.8 Å². The van der Waals surface area contributed by atoms with E-state index in [2.05, 4.69) is 5.32 Å². The predicted molar refractivity (Wildman–Crippen MR) is 82.4 cm³/mol. The van der Waals surface area contributed by atoms with Gasteiger partial charge in [0.2, 0.25) is 0 Å². The van der Waals surface area contributed by atoms with Gasteiger partial charge in [-0.25, -0.2) is 0 Å². The highest BCUT2D eigenvalue weighted by Gasteiger charge is 2.38. The smallest absolute Gasteiger partial charge is 0.264 e. The van der Waals surface area contributed by atoms with Crippen molar-refractivity contribution in [2.75, 3.05) is 12.3 Å². The maximum absolute atomic E-state index is 12.4. The molecule has 1 heterocycles. The van der Waals surface area contributed by atoms with Gasteiger partial charge in [-0.15, -0.1) is 11.3 Å². The number of aliphatic hydroxyl groups is 1. The van der Waals surface area contributed by atoms with Gasteiger partial charge in [0.1, 0.15) is 4.88 Å². The third-order valence-corrected chi connectivity index (χ3v) is 5.38. The Bertz CT molecular complexity index is 674. The molecule has 0 bridgehead atoms. The molecule has 4 nitrogen and oxygen atoms in total. The number of halogens is 1. The first-order chi connectivity index (χ1) is 9.56. The van der Waals surface area contributed by atoms with Gasteiger partial charge in [-0.2, -0.15) is 0 Å². The van der Waals surface area contributed by atoms with Crippen LogP contribution in [-0.4, -0.2) is 23.2 Å². The number of anilines is 1. The molecule has 1 aromatic carbocycles. The van der Waals surface area contributed by atoms with Crippen molar-refractivity contribution in [3.63, 3.8) is 0 Å². The molecule has 6 heteroatoms. The second kappa shape index (κ2) is 4.91. The van der Waals surface area contributed by atoms with E-state index in [0.717, 1.165) is 29.3 Å². The van der Waals surface area contributed by atoms with E-state index in [1.165, 1.54) is 11.3 Å². The first-order valence-electron chi connectivity index (χ1n) is 6.46. The highest BCUT2D eigenvalue weighted by Crippen LogP contribution is 2.39. The molecule has 106 valence electrons. The molecule has 1 saturated carbocycles. The molecule has 1 aromatic heterocycles. The molecule has 0 spiro atoms. The number of nitrogen functional groups attached to an aromatic ring is 1. The van der Waals surface area contributed by atoms with Gasteiger partial charge in [0.05, 0.1) is 22.9 Å². The van der Waals surface area contributed by atoms with Crippen molar-refractivity contribution in [2.24, 2.45) is 0 Å². The Morgan fingerprint density at radius 2 is 2.25 bits per heavy atom. The summed E-state index contributed by atoms with van der Waals surface area (Å²) in [7, 11) is 0. The van der Waals surface area contributed by atoms with Crippen LogP contribution in [0.1, 0.15) is 28.9 Å². The molecular formula is C14H15ClN2O2S. The van der Waals surface area contributed by atoms with E-state index < -0.39 is 5.54 Å². The minimum atomic E-state index is -0.469. The molecule has 2 aromatic rings. The Morgan fingerprint density at radius 3 is 2.80 bits per heavy atom. The lowest BCUT2D eigenvalue weighted by Crippen LogP contribution is -2.56. The Morgan fingerprint density at radius 1 is 1.50 bits per heavy atom. The molecule has 0 unspecified atom stereocenters. The number of hydrogen-bond acceptors (Lipinski definition) is 4. The molecule has 3 rings (SSSR count). The molecule has 0 aliphatic heterocycles. The van der Waals surface area contributed by atoms with Gasteiger partial charge in [0.15, 0.2) is 0 Å². The van der Waals surface area contributed by atoms with Gasteiger partial charge in [-0.3, -0.25) is 4.79 Å². The minimum absolute atomic E-state index is 0.0374. The monoisotopic (exact) mass is 310 g/mol. The molecule has 0 radical (unpaired) electrons. The molecule has 20 heavy (non-hydrogen) atoms. The number of thiophene rings is 1. The normalized spacial score (nSPS) is 16.9. The molecule has 1 aliphatic carbocycles. The second-order valence-electron chi connectivity index (χ2n) is 5.20. The summed E-state index contributed by atoms with van der Waals surface area (Å²) in [5.74, 6) is -0.228. The second-order valence-corrected chi connectivity index (χ2v) is 6.66. The summed E-state index contributed by atoms with van der Waals surface area (Å²) in [6, 6.07) is 5.49. The Kier molecular flexibility index (Phi) is 3.36. The van der Waals surface area contributed by atoms with E-state index in [4.69, 9.17) is 17.3 Å². The van der Waals surface area contributed by atoms with E-state index >= 15 is 0 Å². The Balaban J connectivity index is 1.96. The number of benzene rings is 1. The molecular weight excluding hydrogens is 296 g/mol. The van der Waals surface area contributed by atoms with Gasteiger partial charge in [0.25, 0.3) is 5.91 Å². The zero-order valence-electron chi connectivity index (χ0n) is 10.8. The fourth-order valence-electron chi connectivity index (χ4n) is 2.52. The number of carbonyl (C=O) groups is 1. The van der Waals surface area contributed by atoms with Crippen molar-refractivity contribution in [3.05, 3.63) is 28.1 Å². The largest absolute Gasteiger partial charge is 0.397 e. The van der Waals surface area contributed by atoms with E-state index in [9.17, 15) is 9.90 Å². The lowest BCUT2D eigenvalue weighted by atomic mass is 9.77. The van der Waals surface area contributed by atoms with Crippen LogP contribution in [0.25, 0.3) is 10.1 Å². The highest BCUT2D eigenvalue weighted by atomic mass is 35.5. The fraction of sp³-hybridized carbons (Fsp3) is 0.357. The first kappa shape index (κ1) is 13.7. The summed E-state index contributed by atoms with van der Waals surface area (Å²) in [4.78, 5) is 12.8. The van der Waals surface area contributed by atoms with Crippen LogP contribution < -0.4 is 11.1 Å². The molecule has 1 aliphatic rings. The number of fused-ring (bicyclic) bond motifs is 1. The SMILES string of the molecule is Nc1c(C(=O)NC2(CO)CCC2)sc2cccc(Cl)c12.